The Kier molecular flexibility index (Phi) is 8.60. The van der Waals surface area contributed by atoms with Crippen LogP contribution in [0.25, 0.3) is 0 Å². The minimum atomic E-state index is -4.49. The van der Waals surface area contributed by atoms with Crippen LogP contribution in [0.4, 0.5) is 13.2 Å². The van der Waals surface area contributed by atoms with Crippen molar-refractivity contribution in [2.75, 3.05) is 6.61 Å². The zero-order valence-electron chi connectivity index (χ0n) is 10.6. The fourth-order valence-corrected chi connectivity index (χ4v) is 1.60. The molecule has 0 aromatic heterocycles. The minimum absolute atomic E-state index is 0.0567. The molecule has 0 aliphatic heterocycles. The van der Waals surface area contributed by atoms with E-state index in [2.05, 4.69) is 6.92 Å². The van der Waals surface area contributed by atoms with Gasteiger partial charge in [0.15, 0.2) is 6.10 Å². The van der Waals surface area contributed by atoms with Crippen LogP contribution in [-0.2, 0) is 4.74 Å². The normalized spacial score (nSPS) is 15.9. The number of rotatable bonds is 9. The number of ether oxygens (including phenoxy) is 1. The average Bonchev–Trinajstić information content (AvgIpc) is 2.19. The van der Waals surface area contributed by atoms with Crippen molar-refractivity contribution in [1.82, 2.24) is 0 Å². The maximum atomic E-state index is 12.4. The Hall–Kier alpha value is -0.290. The number of aliphatic hydroxyl groups is 1. The quantitative estimate of drug-likeness (QED) is 0.638. The van der Waals surface area contributed by atoms with E-state index < -0.39 is 18.4 Å². The van der Waals surface area contributed by atoms with Gasteiger partial charge in [-0.15, -0.1) is 0 Å². The van der Waals surface area contributed by atoms with Crippen molar-refractivity contribution in [2.45, 2.75) is 70.8 Å². The zero-order valence-corrected chi connectivity index (χ0v) is 10.6. The largest absolute Gasteiger partial charge is 0.417 e. The van der Waals surface area contributed by atoms with Crippen LogP contribution in [0.3, 0.4) is 0 Å². The van der Waals surface area contributed by atoms with Gasteiger partial charge in [0.25, 0.3) is 0 Å². The summed E-state index contributed by atoms with van der Waals surface area (Å²) in [5.41, 5.74) is 0. The fourth-order valence-electron chi connectivity index (χ4n) is 1.60. The summed E-state index contributed by atoms with van der Waals surface area (Å²) in [5, 5.41) is 8.98. The molecule has 0 bridgehead atoms. The second-order valence-electron chi connectivity index (χ2n) is 4.34. The lowest BCUT2D eigenvalue weighted by atomic mass is 10.1. The summed E-state index contributed by atoms with van der Waals surface area (Å²) < 4.78 is 41.8. The first-order valence-corrected chi connectivity index (χ1v) is 6.26. The Morgan fingerprint density at radius 1 is 1.06 bits per heavy atom. The summed E-state index contributed by atoms with van der Waals surface area (Å²) in [6, 6.07) is 0. The Morgan fingerprint density at radius 3 is 2.06 bits per heavy atom. The molecule has 0 spiro atoms. The molecule has 0 rings (SSSR count). The Bertz CT molecular complexity index is 181. The molecule has 1 N–H and O–H groups in total. The van der Waals surface area contributed by atoms with E-state index in [0.717, 1.165) is 32.6 Å². The van der Waals surface area contributed by atoms with Gasteiger partial charge in [0.1, 0.15) is 0 Å². The lowest BCUT2D eigenvalue weighted by Crippen LogP contribution is -2.40. The van der Waals surface area contributed by atoms with Gasteiger partial charge in [-0.25, -0.2) is 0 Å². The van der Waals surface area contributed by atoms with Crippen LogP contribution in [0.15, 0.2) is 0 Å². The van der Waals surface area contributed by atoms with E-state index in [1.54, 1.807) is 0 Å². The van der Waals surface area contributed by atoms with Crippen molar-refractivity contribution >= 4 is 0 Å². The van der Waals surface area contributed by atoms with E-state index in [9.17, 15) is 13.2 Å². The van der Waals surface area contributed by atoms with Crippen LogP contribution in [0.1, 0.15) is 52.4 Å². The third kappa shape index (κ3) is 8.44. The molecule has 0 unspecified atom stereocenters. The molecule has 0 aromatic rings. The van der Waals surface area contributed by atoms with Gasteiger partial charge in [0, 0.05) is 6.61 Å². The summed E-state index contributed by atoms with van der Waals surface area (Å²) in [4.78, 5) is 0. The number of hydrogen-bond acceptors (Lipinski definition) is 2. The number of halogens is 3. The fraction of sp³-hybridized carbons (Fsp3) is 1.00. The molecular formula is C12H23F3O2. The van der Waals surface area contributed by atoms with E-state index in [0.29, 0.717) is 6.42 Å². The second-order valence-corrected chi connectivity index (χ2v) is 4.34. The molecule has 0 radical (unpaired) electrons. The molecule has 0 saturated carbocycles. The minimum Gasteiger partial charge on any atom is -0.390 e. The number of alkyl halides is 3. The van der Waals surface area contributed by atoms with Crippen molar-refractivity contribution in [3.05, 3.63) is 0 Å². The number of unbranched alkanes of at least 4 members (excludes halogenated alkanes) is 5. The molecule has 0 aliphatic rings. The van der Waals surface area contributed by atoms with E-state index >= 15 is 0 Å². The van der Waals surface area contributed by atoms with Gasteiger partial charge in [0.2, 0.25) is 0 Å². The molecular weight excluding hydrogens is 233 g/mol. The molecule has 104 valence electrons. The maximum Gasteiger partial charge on any atom is 0.417 e. The molecule has 2 nitrogen and oxygen atoms in total. The Morgan fingerprint density at radius 2 is 1.59 bits per heavy atom. The second kappa shape index (κ2) is 8.75. The predicted octanol–water partition coefficient (Wildman–Crippen LogP) is 3.68. The molecule has 0 fully saturated rings. The molecule has 17 heavy (non-hydrogen) atoms. The first-order valence-electron chi connectivity index (χ1n) is 6.26. The van der Waals surface area contributed by atoms with Crippen LogP contribution in [-0.4, -0.2) is 30.1 Å². The molecule has 2 atom stereocenters. The average molecular weight is 256 g/mol. The summed E-state index contributed by atoms with van der Waals surface area (Å²) in [5.74, 6) is 0. The summed E-state index contributed by atoms with van der Waals surface area (Å²) >= 11 is 0. The summed E-state index contributed by atoms with van der Waals surface area (Å²) in [7, 11) is 0. The predicted molar refractivity (Wildman–Crippen MR) is 60.9 cm³/mol. The van der Waals surface area contributed by atoms with E-state index in [1.807, 2.05) is 0 Å². The highest BCUT2D eigenvalue weighted by Gasteiger charge is 2.43. The van der Waals surface area contributed by atoms with Crippen LogP contribution >= 0.6 is 0 Å². The van der Waals surface area contributed by atoms with E-state index in [4.69, 9.17) is 9.84 Å². The first kappa shape index (κ1) is 16.7. The van der Waals surface area contributed by atoms with Crippen LogP contribution in [0, 0.1) is 0 Å². The molecule has 0 amide bonds. The zero-order chi connectivity index (χ0) is 13.3. The highest BCUT2D eigenvalue weighted by molar-refractivity contribution is 4.73. The lowest BCUT2D eigenvalue weighted by molar-refractivity contribution is -0.244. The van der Waals surface area contributed by atoms with Gasteiger partial charge in [-0.3, -0.25) is 0 Å². The molecule has 5 heteroatoms. The van der Waals surface area contributed by atoms with Crippen molar-refractivity contribution in [1.29, 1.82) is 0 Å². The number of aliphatic hydroxyl groups excluding tert-OH is 1. The Balaban J connectivity index is 3.63. The van der Waals surface area contributed by atoms with Crippen molar-refractivity contribution in [3.8, 4) is 0 Å². The maximum absolute atomic E-state index is 12.4. The van der Waals surface area contributed by atoms with E-state index in [1.165, 1.54) is 6.42 Å². The van der Waals surface area contributed by atoms with Crippen LogP contribution in [0.2, 0.25) is 0 Å². The molecule has 0 aliphatic carbocycles. The van der Waals surface area contributed by atoms with Crippen molar-refractivity contribution in [3.63, 3.8) is 0 Å². The third-order valence-corrected chi connectivity index (χ3v) is 2.56. The molecule has 0 heterocycles. The third-order valence-electron chi connectivity index (χ3n) is 2.56. The van der Waals surface area contributed by atoms with Crippen molar-refractivity contribution < 1.29 is 23.0 Å². The summed E-state index contributed by atoms with van der Waals surface area (Å²) in [6.45, 7) is 3.26. The number of hydrogen-bond donors (Lipinski definition) is 1. The Labute approximate surface area is 101 Å². The van der Waals surface area contributed by atoms with Crippen molar-refractivity contribution in [2.24, 2.45) is 0 Å². The van der Waals surface area contributed by atoms with Crippen LogP contribution < -0.4 is 0 Å². The molecule has 0 saturated heterocycles. The summed E-state index contributed by atoms with van der Waals surface area (Å²) in [6.07, 6.45) is -2.11. The van der Waals surface area contributed by atoms with Gasteiger partial charge in [-0.05, 0) is 13.3 Å². The van der Waals surface area contributed by atoms with Gasteiger partial charge in [0.05, 0.1) is 6.10 Å². The first-order chi connectivity index (χ1) is 7.89. The SMILES string of the molecule is CCCCCCCCO[C@@H]([C@H](C)O)C(F)(F)F. The van der Waals surface area contributed by atoms with E-state index in [-0.39, 0.29) is 6.61 Å². The highest BCUT2D eigenvalue weighted by Crippen LogP contribution is 2.25. The van der Waals surface area contributed by atoms with Crippen LogP contribution in [0.5, 0.6) is 0 Å². The smallest absolute Gasteiger partial charge is 0.390 e. The standard InChI is InChI=1S/C12H23F3O2/c1-3-4-5-6-7-8-9-17-11(10(2)16)12(13,14)15/h10-11,16H,3-9H2,1-2H3/t10-,11-/m0/s1. The van der Waals surface area contributed by atoms with Gasteiger partial charge < -0.3 is 9.84 Å². The lowest BCUT2D eigenvalue weighted by Gasteiger charge is -2.23. The highest BCUT2D eigenvalue weighted by atomic mass is 19.4. The topological polar surface area (TPSA) is 29.5 Å². The molecule has 0 aromatic carbocycles. The van der Waals surface area contributed by atoms with Gasteiger partial charge in [-0.2, -0.15) is 13.2 Å². The van der Waals surface area contributed by atoms with Gasteiger partial charge >= 0.3 is 6.18 Å². The monoisotopic (exact) mass is 256 g/mol. The van der Waals surface area contributed by atoms with Gasteiger partial charge in [-0.1, -0.05) is 39.0 Å².